The maximum absolute atomic E-state index is 14.5. The molecule has 4 aliphatic rings. The van der Waals surface area contributed by atoms with E-state index in [0.717, 1.165) is 31.2 Å². The molecular weight excluding hydrogens is 610 g/mol. The van der Waals surface area contributed by atoms with Crippen LogP contribution in [-0.4, -0.2) is 70.3 Å². The molecule has 12 heteroatoms. The van der Waals surface area contributed by atoms with Crippen LogP contribution in [0.25, 0.3) is 0 Å². The van der Waals surface area contributed by atoms with E-state index in [4.69, 9.17) is 22.2 Å². The summed E-state index contributed by atoms with van der Waals surface area (Å²) in [4.78, 5) is 73.6. The first kappa shape index (κ1) is 33.9. The monoisotopic (exact) mass is 655 g/mol. The number of benzene rings is 1. The normalized spacial score (nSPS) is 28.0. The molecule has 4 N–H and O–H groups in total. The van der Waals surface area contributed by atoms with Gasteiger partial charge in [-0.15, -0.1) is 0 Å². The molecule has 4 amide bonds. The fraction of sp³-hybridized carbons (Fsp3) is 0.647. The molecule has 1 spiro atoms. The number of amides is 4. The first-order chi connectivity index (χ1) is 21.7. The molecule has 2 heterocycles. The Balaban J connectivity index is 1.39. The molecule has 3 fully saturated rings. The SMILES string of the molecule is CCC[C@H](NC(=O)[C@@H]1C[C@]2(CC(c3cccc(Cl)c3)=NO2)CN1C(=O)[C@@H](NC(=O)CC12CCCCC1C2)C(C)(C)C)C(=O)C(N)=O. The molecule has 11 nitrogen and oxygen atoms in total. The number of oxime groups is 1. The van der Waals surface area contributed by atoms with Crippen molar-refractivity contribution in [1.29, 1.82) is 0 Å². The van der Waals surface area contributed by atoms with Crippen molar-refractivity contribution in [3.8, 4) is 0 Å². The predicted molar refractivity (Wildman–Crippen MR) is 173 cm³/mol. The van der Waals surface area contributed by atoms with Gasteiger partial charge in [0.05, 0.1) is 18.3 Å². The molecule has 2 unspecified atom stereocenters. The third kappa shape index (κ3) is 7.09. The molecule has 0 bridgehead atoms. The van der Waals surface area contributed by atoms with E-state index in [1.54, 1.807) is 12.1 Å². The molecule has 250 valence electrons. The van der Waals surface area contributed by atoms with E-state index in [-0.39, 0.29) is 30.7 Å². The van der Waals surface area contributed by atoms with Gasteiger partial charge in [0.15, 0.2) is 5.60 Å². The van der Waals surface area contributed by atoms with Gasteiger partial charge in [0.25, 0.3) is 5.91 Å². The minimum atomic E-state index is -1.14. The lowest BCUT2D eigenvalue weighted by atomic mass is 9.83. The van der Waals surface area contributed by atoms with Gasteiger partial charge in [-0.3, -0.25) is 24.0 Å². The summed E-state index contributed by atoms with van der Waals surface area (Å²) in [6.45, 7) is 7.50. The highest BCUT2D eigenvalue weighted by Gasteiger charge is 2.57. The highest BCUT2D eigenvalue weighted by atomic mass is 35.5. The third-order valence-corrected chi connectivity index (χ3v) is 10.4. The van der Waals surface area contributed by atoms with Crippen LogP contribution in [0.4, 0.5) is 0 Å². The van der Waals surface area contributed by atoms with Crippen LogP contribution in [0.2, 0.25) is 5.02 Å². The quantitative estimate of drug-likeness (QED) is 0.309. The summed E-state index contributed by atoms with van der Waals surface area (Å²) in [5.74, 6) is -2.64. The average molecular weight is 656 g/mol. The molecule has 2 saturated carbocycles. The Kier molecular flexibility index (Phi) is 9.55. The van der Waals surface area contributed by atoms with Gasteiger partial charge in [0, 0.05) is 29.8 Å². The van der Waals surface area contributed by atoms with Crippen LogP contribution < -0.4 is 16.4 Å². The standard InChI is InChI=1S/C34H46ClN5O6/c1-5-9-23(27(42)29(36)43)37-30(44)25-17-34(16-24(39-46-34)20-10-8-12-22(35)14-20)19-40(25)31(45)28(32(2,3)4)38-26(41)18-33-13-7-6-11-21(33)15-33/h8,10,12,14,21,23,25,28H,5-7,9,11,13,15-19H2,1-4H3,(H2,36,43)(H,37,44)(H,38,41)/t21?,23-,25-,28+,33?,34+/m0/s1. The zero-order chi connectivity index (χ0) is 33.4. The summed E-state index contributed by atoms with van der Waals surface area (Å²) in [6.07, 6.45) is 7.08. The minimum absolute atomic E-state index is 0.0359. The lowest BCUT2D eigenvalue weighted by molar-refractivity contribution is -0.145. The van der Waals surface area contributed by atoms with E-state index in [2.05, 4.69) is 15.8 Å². The smallest absolute Gasteiger partial charge is 0.287 e. The molecule has 6 atom stereocenters. The Hall–Kier alpha value is -3.47. The lowest BCUT2D eigenvalue weighted by Gasteiger charge is -2.36. The van der Waals surface area contributed by atoms with Gasteiger partial charge in [0.1, 0.15) is 12.1 Å². The van der Waals surface area contributed by atoms with Crippen molar-refractivity contribution in [2.45, 2.75) is 116 Å². The fourth-order valence-corrected chi connectivity index (χ4v) is 7.80. The highest BCUT2D eigenvalue weighted by Crippen LogP contribution is 2.63. The van der Waals surface area contributed by atoms with Crippen LogP contribution in [-0.2, 0) is 28.8 Å². The van der Waals surface area contributed by atoms with Crippen molar-refractivity contribution in [2.24, 2.45) is 27.6 Å². The van der Waals surface area contributed by atoms with Crippen LogP contribution in [0.5, 0.6) is 0 Å². The largest absolute Gasteiger partial charge is 0.387 e. The number of primary amides is 1. The van der Waals surface area contributed by atoms with Crippen LogP contribution in [0.1, 0.15) is 97.5 Å². The first-order valence-corrected chi connectivity index (χ1v) is 16.8. The number of nitrogens with zero attached hydrogens (tertiary/aromatic N) is 2. The second kappa shape index (κ2) is 13.0. The second-order valence-corrected chi connectivity index (χ2v) is 15.3. The summed E-state index contributed by atoms with van der Waals surface area (Å²) in [7, 11) is 0. The molecular formula is C34H46ClN5O6. The van der Waals surface area contributed by atoms with Gasteiger partial charge >= 0.3 is 0 Å². The van der Waals surface area contributed by atoms with Gasteiger partial charge in [0.2, 0.25) is 23.5 Å². The van der Waals surface area contributed by atoms with Crippen molar-refractivity contribution in [3.63, 3.8) is 0 Å². The maximum atomic E-state index is 14.5. The molecule has 1 saturated heterocycles. The Morgan fingerprint density at radius 3 is 2.57 bits per heavy atom. The minimum Gasteiger partial charge on any atom is -0.387 e. The lowest BCUT2D eigenvalue weighted by Crippen LogP contribution is -2.59. The summed E-state index contributed by atoms with van der Waals surface area (Å²) in [5, 5.41) is 10.6. The number of hydrogen-bond donors (Lipinski definition) is 3. The van der Waals surface area contributed by atoms with Crippen LogP contribution in [0.15, 0.2) is 29.4 Å². The van der Waals surface area contributed by atoms with Gasteiger partial charge in [-0.25, -0.2) is 0 Å². The number of hydrogen-bond acceptors (Lipinski definition) is 7. The van der Waals surface area contributed by atoms with Crippen molar-refractivity contribution >= 4 is 46.7 Å². The Morgan fingerprint density at radius 2 is 1.91 bits per heavy atom. The van der Waals surface area contributed by atoms with E-state index in [9.17, 15) is 24.0 Å². The van der Waals surface area contributed by atoms with Crippen molar-refractivity contribution in [2.75, 3.05) is 6.54 Å². The third-order valence-electron chi connectivity index (χ3n) is 10.2. The van der Waals surface area contributed by atoms with E-state index in [1.807, 2.05) is 39.8 Å². The number of carbonyl (C=O) groups excluding carboxylic acids is 5. The van der Waals surface area contributed by atoms with Crippen LogP contribution in [0.3, 0.4) is 0 Å². The number of carbonyl (C=O) groups is 5. The number of halogens is 1. The number of nitrogens with two attached hydrogens (primary N) is 1. The Morgan fingerprint density at radius 1 is 1.15 bits per heavy atom. The van der Waals surface area contributed by atoms with Crippen molar-refractivity contribution in [1.82, 2.24) is 15.5 Å². The zero-order valence-corrected chi connectivity index (χ0v) is 28.0. The molecule has 0 radical (unpaired) electrons. The molecule has 2 aliphatic carbocycles. The summed E-state index contributed by atoms with van der Waals surface area (Å²) in [6, 6.07) is 4.11. The topological polar surface area (TPSA) is 160 Å². The summed E-state index contributed by atoms with van der Waals surface area (Å²) < 4.78 is 0. The highest BCUT2D eigenvalue weighted by molar-refractivity contribution is 6.37. The number of nitrogens with one attached hydrogen (secondary N) is 2. The molecule has 5 rings (SSSR count). The number of likely N-dealkylation sites (tertiary alicyclic amines) is 1. The number of ketones is 1. The van der Waals surface area contributed by atoms with Gasteiger partial charge in [-0.2, -0.15) is 0 Å². The molecule has 1 aromatic rings. The fourth-order valence-electron chi connectivity index (χ4n) is 7.61. The van der Waals surface area contributed by atoms with Crippen LogP contribution in [0, 0.1) is 16.7 Å². The van der Waals surface area contributed by atoms with E-state index in [1.165, 1.54) is 11.3 Å². The summed E-state index contributed by atoms with van der Waals surface area (Å²) in [5.41, 5.74) is 5.02. The molecule has 46 heavy (non-hydrogen) atoms. The number of Topliss-reactive ketones (excluding diaryl/α,β-unsaturated/α-hetero) is 1. The Labute approximate surface area is 275 Å². The molecule has 2 aliphatic heterocycles. The Bertz CT molecular complexity index is 1440. The van der Waals surface area contributed by atoms with Gasteiger partial charge in [-0.1, -0.05) is 75.8 Å². The van der Waals surface area contributed by atoms with Crippen molar-refractivity contribution in [3.05, 3.63) is 34.9 Å². The first-order valence-electron chi connectivity index (χ1n) is 16.4. The van der Waals surface area contributed by atoms with Crippen LogP contribution >= 0.6 is 11.6 Å². The van der Waals surface area contributed by atoms with E-state index < -0.39 is 52.6 Å². The number of rotatable bonds is 11. The summed E-state index contributed by atoms with van der Waals surface area (Å²) >= 11 is 6.22. The van der Waals surface area contributed by atoms with E-state index >= 15 is 0 Å². The molecule has 1 aromatic carbocycles. The van der Waals surface area contributed by atoms with Gasteiger partial charge < -0.3 is 26.1 Å². The second-order valence-electron chi connectivity index (χ2n) is 14.8. The predicted octanol–water partition coefficient (Wildman–Crippen LogP) is 3.64. The van der Waals surface area contributed by atoms with E-state index in [0.29, 0.717) is 35.9 Å². The van der Waals surface area contributed by atoms with Crippen molar-refractivity contribution < 1.29 is 28.8 Å². The number of fused-ring (bicyclic) bond motifs is 1. The average Bonchev–Trinajstić information content (AvgIpc) is 3.35. The zero-order valence-electron chi connectivity index (χ0n) is 27.2. The van der Waals surface area contributed by atoms with Gasteiger partial charge in [-0.05, 0) is 54.6 Å². The maximum Gasteiger partial charge on any atom is 0.287 e. The molecule has 0 aromatic heterocycles.